The van der Waals surface area contributed by atoms with E-state index in [9.17, 15) is 9.59 Å². The number of thiophene rings is 1. The molecule has 0 atom stereocenters. The number of carbonyl (C=O) groups excluding carboxylic acids is 2. The first-order valence-corrected chi connectivity index (χ1v) is 11.6. The largest absolute Gasteiger partial charge is 0.462 e. The van der Waals surface area contributed by atoms with Crippen molar-refractivity contribution in [2.75, 3.05) is 18.6 Å². The van der Waals surface area contributed by atoms with Crippen molar-refractivity contribution in [2.24, 2.45) is 4.99 Å². The van der Waals surface area contributed by atoms with Crippen LogP contribution in [0.3, 0.4) is 0 Å². The molecule has 9 heteroatoms. The Kier molecular flexibility index (Phi) is 6.75. The molecule has 5 nitrogen and oxygen atoms in total. The van der Waals surface area contributed by atoms with Gasteiger partial charge in [-0.15, -0.1) is 11.3 Å². The molecule has 2 heterocycles. The van der Waals surface area contributed by atoms with E-state index in [2.05, 4.69) is 4.99 Å². The normalized spacial score (nSPS) is 11.9. The number of nitrogens with zero attached hydrogens (tertiary/aromatic N) is 2. The van der Waals surface area contributed by atoms with Crippen molar-refractivity contribution >= 4 is 68.1 Å². The first-order chi connectivity index (χ1) is 13.0. The summed E-state index contributed by atoms with van der Waals surface area (Å²) < 4.78 is 8.52. The minimum Gasteiger partial charge on any atom is -0.462 e. The standard InChI is InChI=1S/C18H17ClN2O3S3/c1-3-24-17(23)11-4-5-12-14(10-11)27-18(21(12)8-9-25-2)20-16(22)13-6-7-15(19)26-13/h4-7,10H,3,8-9H2,1-2H3. The third-order valence-corrected chi connectivity index (χ3v) is 6.55. The molecule has 1 aromatic carbocycles. The van der Waals surface area contributed by atoms with Crippen LogP contribution in [0.25, 0.3) is 10.2 Å². The van der Waals surface area contributed by atoms with Gasteiger partial charge in [0.05, 0.1) is 31.6 Å². The fourth-order valence-electron chi connectivity index (χ4n) is 2.47. The number of ether oxygens (including phenoxy) is 1. The molecule has 0 saturated carbocycles. The lowest BCUT2D eigenvalue weighted by molar-refractivity contribution is 0.0526. The van der Waals surface area contributed by atoms with Crippen LogP contribution in [0, 0.1) is 0 Å². The fraction of sp³-hybridized carbons (Fsp3) is 0.278. The van der Waals surface area contributed by atoms with Crippen molar-refractivity contribution in [2.45, 2.75) is 13.5 Å². The number of rotatable bonds is 6. The Balaban J connectivity index is 2.08. The van der Waals surface area contributed by atoms with E-state index in [1.54, 1.807) is 43.0 Å². The van der Waals surface area contributed by atoms with Crippen LogP contribution in [-0.2, 0) is 11.3 Å². The summed E-state index contributed by atoms with van der Waals surface area (Å²) in [6.45, 7) is 2.82. The molecule has 0 radical (unpaired) electrons. The Morgan fingerprint density at radius 3 is 2.74 bits per heavy atom. The number of halogens is 1. The molecule has 27 heavy (non-hydrogen) atoms. The Labute approximate surface area is 173 Å². The van der Waals surface area contributed by atoms with Crippen LogP contribution in [0.15, 0.2) is 35.3 Å². The molecule has 0 N–H and O–H groups in total. The maximum Gasteiger partial charge on any atom is 0.338 e. The van der Waals surface area contributed by atoms with E-state index in [-0.39, 0.29) is 11.9 Å². The number of carbonyl (C=O) groups is 2. The number of esters is 1. The lowest BCUT2D eigenvalue weighted by Gasteiger charge is -2.05. The van der Waals surface area contributed by atoms with Crippen LogP contribution in [-0.4, -0.2) is 35.1 Å². The number of aromatic nitrogens is 1. The van der Waals surface area contributed by atoms with E-state index in [1.165, 1.54) is 22.7 Å². The zero-order chi connectivity index (χ0) is 19.4. The third-order valence-electron chi connectivity index (χ3n) is 3.69. The topological polar surface area (TPSA) is 60.7 Å². The number of amides is 1. The SMILES string of the molecule is CCOC(=O)c1ccc2c(c1)sc(=NC(=O)c1ccc(Cl)s1)n2CCSC. The maximum atomic E-state index is 12.5. The van der Waals surface area contributed by atoms with Crippen LogP contribution in [0.2, 0.25) is 4.34 Å². The Bertz CT molecular complexity index is 1050. The van der Waals surface area contributed by atoms with Gasteiger partial charge in [-0.05, 0) is 43.5 Å². The predicted molar refractivity (Wildman–Crippen MR) is 113 cm³/mol. The lowest BCUT2D eigenvalue weighted by atomic mass is 10.2. The molecular formula is C18H17ClN2O3S3. The molecule has 0 unspecified atom stereocenters. The van der Waals surface area contributed by atoms with Gasteiger partial charge in [-0.1, -0.05) is 22.9 Å². The molecule has 0 spiro atoms. The number of thiazole rings is 1. The zero-order valence-corrected chi connectivity index (χ0v) is 17.9. The summed E-state index contributed by atoms with van der Waals surface area (Å²) in [7, 11) is 0. The Morgan fingerprint density at radius 2 is 2.07 bits per heavy atom. The average molecular weight is 441 g/mol. The highest BCUT2D eigenvalue weighted by Crippen LogP contribution is 2.23. The second-order valence-corrected chi connectivity index (χ2v) is 9.16. The van der Waals surface area contributed by atoms with Gasteiger partial charge in [-0.25, -0.2) is 4.79 Å². The highest BCUT2D eigenvalue weighted by Gasteiger charge is 2.13. The van der Waals surface area contributed by atoms with Gasteiger partial charge in [0.25, 0.3) is 5.91 Å². The smallest absolute Gasteiger partial charge is 0.338 e. The molecule has 0 aliphatic heterocycles. The number of aryl methyl sites for hydroxylation is 1. The Hall–Kier alpha value is -1.61. The molecule has 3 rings (SSSR count). The number of hydrogen-bond donors (Lipinski definition) is 0. The molecular weight excluding hydrogens is 424 g/mol. The summed E-state index contributed by atoms with van der Waals surface area (Å²) in [4.78, 5) is 29.9. The van der Waals surface area contributed by atoms with Crippen LogP contribution in [0.4, 0.5) is 0 Å². The van der Waals surface area contributed by atoms with Crippen molar-refractivity contribution in [3.8, 4) is 0 Å². The van der Waals surface area contributed by atoms with Crippen molar-refractivity contribution in [3.05, 3.63) is 49.9 Å². The van der Waals surface area contributed by atoms with Gasteiger partial charge in [0.1, 0.15) is 0 Å². The molecule has 0 fully saturated rings. The van der Waals surface area contributed by atoms with Gasteiger partial charge in [-0.3, -0.25) is 4.79 Å². The summed E-state index contributed by atoms with van der Waals surface area (Å²) in [5.74, 6) is 0.214. The first-order valence-electron chi connectivity index (χ1n) is 8.17. The molecule has 0 aliphatic rings. The summed E-state index contributed by atoms with van der Waals surface area (Å²) in [5, 5.41) is 0. The van der Waals surface area contributed by atoms with E-state index >= 15 is 0 Å². The molecule has 1 amide bonds. The van der Waals surface area contributed by atoms with Crippen LogP contribution in [0.1, 0.15) is 27.0 Å². The molecule has 2 aromatic heterocycles. The van der Waals surface area contributed by atoms with Crippen molar-refractivity contribution in [3.63, 3.8) is 0 Å². The second kappa shape index (κ2) is 9.05. The zero-order valence-electron chi connectivity index (χ0n) is 14.7. The van der Waals surface area contributed by atoms with Crippen LogP contribution in [0.5, 0.6) is 0 Å². The average Bonchev–Trinajstić information content (AvgIpc) is 3.23. The van der Waals surface area contributed by atoms with Crippen molar-refractivity contribution in [1.82, 2.24) is 4.57 Å². The van der Waals surface area contributed by atoms with Gasteiger partial charge in [0.2, 0.25) is 0 Å². The van der Waals surface area contributed by atoms with E-state index in [0.717, 1.165) is 22.5 Å². The molecule has 142 valence electrons. The van der Waals surface area contributed by atoms with E-state index in [1.807, 2.05) is 16.9 Å². The minimum absolute atomic E-state index is 0.318. The number of benzene rings is 1. The third kappa shape index (κ3) is 4.63. The number of thioether (sulfide) groups is 1. The number of fused-ring (bicyclic) bond motifs is 1. The highest BCUT2D eigenvalue weighted by atomic mass is 35.5. The minimum atomic E-state index is -0.355. The van der Waals surface area contributed by atoms with Gasteiger partial charge in [-0.2, -0.15) is 16.8 Å². The maximum absolute atomic E-state index is 12.5. The fourth-order valence-corrected chi connectivity index (χ4v) is 4.86. The summed E-state index contributed by atoms with van der Waals surface area (Å²) in [6.07, 6.45) is 2.03. The lowest BCUT2D eigenvalue weighted by Crippen LogP contribution is -2.18. The molecule has 0 aliphatic carbocycles. The van der Waals surface area contributed by atoms with Crippen LogP contribution >= 0.6 is 46.0 Å². The highest BCUT2D eigenvalue weighted by molar-refractivity contribution is 7.98. The summed E-state index contributed by atoms with van der Waals surface area (Å²) in [6, 6.07) is 8.78. The Morgan fingerprint density at radius 1 is 1.26 bits per heavy atom. The molecule has 0 saturated heterocycles. The summed E-state index contributed by atoms with van der Waals surface area (Å²) >= 11 is 10.2. The van der Waals surface area contributed by atoms with Crippen molar-refractivity contribution < 1.29 is 14.3 Å². The van der Waals surface area contributed by atoms with E-state index in [0.29, 0.717) is 26.2 Å². The van der Waals surface area contributed by atoms with Gasteiger partial charge in [0.15, 0.2) is 4.80 Å². The quantitative estimate of drug-likeness (QED) is 0.521. The summed E-state index contributed by atoms with van der Waals surface area (Å²) in [5.41, 5.74) is 1.43. The number of hydrogen-bond acceptors (Lipinski definition) is 6. The van der Waals surface area contributed by atoms with Crippen molar-refractivity contribution in [1.29, 1.82) is 0 Å². The second-order valence-electron chi connectivity index (χ2n) is 5.45. The monoisotopic (exact) mass is 440 g/mol. The molecule has 0 bridgehead atoms. The first kappa shape index (κ1) is 20.1. The van der Waals surface area contributed by atoms with E-state index in [4.69, 9.17) is 16.3 Å². The van der Waals surface area contributed by atoms with Crippen LogP contribution < -0.4 is 4.80 Å². The van der Waals surface area contributed by atoms with Gasteiger partial charge >= 0.3 is 5.97 Å². The van der Waals surface area contributed by atoms with Gasteiger partial charge in [0, 0.05) is 12.3 Å². The van der Waals surface area contributed by atoms with E-state index < -0.39 is 0 Å². The van der Waals surface area contributed by atoms with Gasteiger partial charge < -0.3 is 9.30 Å². The predicted octanol–water partition coefficient (Wildman–Crippen LogP) is 4.70. The molecule has 3 aromatic rings.